The lowest BCUT2D eigenvalue weighted by molar-refractivity contribution is -0.128. The van der Waals surface area contributed by atoms with Crippen molar-refractivity contribution in [3.05, 3.63) is 17.0 Å². The maximum atomic E-state index is 12.3. The number of amides is 1. The molecule has 7 nitrogen and oxygen atoms in total. The van der Waals surface area contributed by atoms with Gasteiger partial charge in [0.2, 0.25) is 0 Å². The minimum absolute atomic E-state index is 0.0756. The number of aromatic nitrogens is 1. The molecule has 124 valence electrons. The molecule has 1 amide bonds. The van der Waals surface area contributed by atoms with E-state index in [1.165, 1.54) is 0 Å². The average Bonchev–Trinajstić information content (AvgIpc) is 2.92. The average molecular weight is 329 g/mol. The molecule has 1 fully saturated rings. The van der Waals surface area contributed by atoms with Crippen molar-refractivity contribution in [2.75, 3.05) is 0 Å². The summed E-state index contributed by atoms with van der Waals surface area (Å²) in [6.07, 6.45) is 2.36. The molecule has 1 saturated heterocycles. The molecule has 8 heteroatoms. The van der Waals surface area contributed by atoms with Crippen LogP contribution in [-0.4, -0.2) is 29.8 Å². The molecular weight excluding hydrogens is 306 g/mol. The molecule has 0 aliphatic carbocycles. The molecule has 0 saturated carbocycles. The van der Waals surface area contributed by atoms with Gasteiger partial charge in [0.15, 0.2) is 0 Å². The molecule has 1 aromatic heterocycles. The van der Waals surface area contributed by atoms with Crippen LogP contribution >= 0.6 is 0 Å². The summed E-state index contributed by atoms with van der Waals surface area (Å²) in [6.45, 7) is 7.54. The molecular formula is C14H23N3O4S. The minimum atomic E-state index is -3.80. The summed E-state index contributed by atoms with van der Waals surface area (Å²) >= 11 is 0. The quantitative estimate of drug-likeness (QED) is 0.851. The molecule has 2 heterocycles. The lowest BCUT2D eigenvalue weighted by Crippen LogP contribution is -2.34. The summed E-state index contributed by atoms with van der Waals surface area (Å²) in [5.74, 6) is 0.236. The molecule has 0 bridgehead atoms. The SMILES string of the molecule is CCCc1onc(CN2C(=O)[C@@H](C(C)C)NS2(=O)=O)c1CC. The van der Waals surface area contributed by atoms with Gasteiger partial charge in [0.25, 0.3) is 5.91 Å². The minimum Gasteiger partial charge on any atom is -0.361 e. The highest BCUT2D eigenvalue weighted by molar-refractivity contribution is 7.88. The van der Waals surface area contributed by atoms with E-state index in [4.69, 9.17) is 4.52 Å². The zero-order chi connectivity index (χ0) is 16.5. The third-order valence-electron chi connectivity index (χ3n) is 3.82. The Labute approximate surface area is 131 Å². The van der Waals surface area contributed by atoms with Gasteiger partial charge < -0.3 is 4.52 Å². The summed E-state index contributed by atoms with van der Waals surface area (Å²) in [5, 5.41) is 3.98. The van der Waals surface area contributed by atoms with Gasteiger partial charge in [0, 0.05) is 12.0 Å². The zero-order valence-electron chi connectivity index (χ0n) is 13.4. The lowest BCUT2D eigenvalue weighted by Gasteiger charge is -2.13. The second kappa shape index (κ2) is 6.37. The normalized spacial score (nSPS) is 21.0. The Bertz CT molecular complexity index is 651. The van der Waals surface area contributed by atoms with E-state index in [-0.39, 0.29) is 12.5 Å². The second-order valence-corrected chi connectivity index (χ2v) is 7.45. The van der Waals surface area contributed by atoms with E-state index in [1.54, 1.807) is 0 Å². The van der Waals surface area contributed by atoms with E-state index in [2.05, 4.69) is 9.88 Å². The first-order valence-electron chi connectivity index (χ1n) is 7.61. The van der Waals surface area contributed by atoms with Crippen LogP contribution in [0.1, 0.15) is 51.1 Å². The van der Waals surface area contributed by atoms with Crippen molar-refractivity contribution in [3.63, 3.8) is 0 Å². The number of hydrogen-bond donors (Lipinski definition) is 1. The predicted octanol–water partition coefficient (Wildman–Crippen LogP) is 1.39. The van der Waals surface area contributed by atoms with Crippen molar-refractivity contribution >= 4 is 16.1 Å². The molecule has 1 aliphatic heterocycles. The number of rotatable bonds is 6. The maximum Gasteiger partial charge on any atom is 0.304 e. The monoisotopic (exact) mass is 329 g/mol. The molecule has 0 spiro atoms. The molecule has 0 radical (unpaired) electrons. The largest absolute Gasteiger partial charge is 0.361 e. The van der Waals surface area contributed by atoms with E-state index in [9.17, 15) is 13.2 Å². The van der Waals surface area contributed by atoms with Gasteiger partial charge in [-0.15, -0.1) is 0 Å². The van der Waals surface area contributed by atoms with Gasteiger partial charge in [0.05, 0.1) is 6.54 Å². The Morgan fingerprint density at radius 3 is 2.55 bits per heavy atom. The predicted molar refractivity (Wildman–Crippen MR) is 81.1 cm³/mol. The van der Waals surface area contributed by atoms with E-state index in [0.29, 0.717) is 12.1 Å². The summed E-state index contributed by atoms with van der Waals surface area (Å²) < 4.78 is 32.9. The molecule has 1 N–H and O–H groups in total. The van der Waals surface area contributed by atoms with Crippen molar-refractivity contribution in [1.29, 1.82) is 0 Å². The van der Waals surface area contributed by atoms with E-state index in [0.717, 1.165) is 28.5 Å². The summed E-state index contributed by atoms with van der Waals surface area (Å²) in [5.41, 5.74) is 1.42. The van der Waals surface area contributed by atoms with Crippen molar-refractivity contribution in [2.24, 2.45) is 5.92 Å². The fourth-order valence-corrected chi connectivity index (χ4v) is 4.06. The van der Waals surface area contributed by atoms with Gasteiger partial charge in [0.1, 0.15) is 17.5 Å². The van der Waals surface area contributed by atoms with Crippen LogP contribution in [-0.2, 0) is 34.4 Å². The molecule has 22 heavy (non-hydrogen) atoms. The zero-order valence-corrected chi connectivity index (χ0v) is 14.2. The Hall–Kier alpha value is -1.41. The number of hydrogen-bond acceptors (Lipinski definition) is 5. The number of nitrogens with one attached hydrogen (secondary N) is 1. The van der Waals surface area contributed by atoms with Gasteiger partial charge in [-0.3, -0.25) is 4.79 Å². The van der Waals surface area contributed by atoms with Crippen LogP contribution in [0.2, 0.25) is 0 Å². The molecule has 1 aliphatic rings. The van der Waals surface area contributed by atoms with E-state index < -0.39 is 22.2 Å². The Morgan fingerprint density at radius 1 is 1.36 bits per heavy atom. The van der Waals surface area contributed by atoms with Crippen LogP contribution in [0.25, 0.3) is 0 Å². The molecule has 1 atom stereocenters. The number of nitrogens with zero attached hydrogens (tertiary/aromatic N) is 2. The third-order valence-corrected chi connectivity index (χ3v) is 5.26. The first kappa shape index (κ1) is 17.0. The van der Waals surface area contributed by atoms with Gasteiger partial charge in [-0.1, -0.05) is 32.9 Å². The number of carbonyl (C=O) groups is 1. The first-order chi connectivity index (χ1) is 10.3. The molecule has 0 aromatic carbocycles. The third kappa shape index (κ3) is 3.03. The fraction of sp³-hybridized carbons (Fsp3) is 0.714. The lowest BCUT2D eigenvalue weighted by atomic mass is 10.0. The fourth-order valence-electron chi connectivity index (χ4n) is 2.60. The molecule has 1 aromatic rings. The van der Waals surface area contributed by atoms with Gasteiger partial charge in [-0.25, -0.2) is 4.31 Å². The highest BCUT2D eigenvalue weighted by atomic mass is 32.2. The summed E-state index contributed by atoms with van der Waals surface area (Å²) in [6, 6.07) is -0.711. The summed E-state index contributed by atoms with van der Waals surface area (Å²) in [7, 11) is -3.80. The van der Waals surface area contributed by atoms with E-state index >= 15 is 0 Å². The van der Waals surface area contributed by atoms with Crippen LogP contribution in [0.15, 0.2) is 4.52 Å². The van der Waals surface area contributed by atoms with Gasteiger partial charge in [-0.2, -0.15) is 13.1 Å². The molecule has 0 unspecified atom stereocenters. The van der Waals surface area contributed by atoms with Crippen LogP contribution in [0.4, 0.5) is 0 Å². The summed E-state index contributed by atoms with van der Waals surface area (Å²) in [4.78, 5) is 12.3. The first-order valence-corrected chi connectivity index (χ1v) is 9.05. The Balaban J connectivity index is 2.28. The van der Waals surface area contributed by atoms with Crippen LogP contribution in [0.5, 0.6) is 0 Å². The maximum absolute atomic E-state index is 12.3. The van der Waals surface area contributed by atoms with Gasteiger partial charge in [-0.05, 0) is 18.8 Å². The van der Waals surface area contributed by atoms with Crippen molar-refractivity contribution in [3.8, 4) is 0 Å². The van der Waals surface area contributed by atoms with Crippen molar-refractivity contribution in [2.45, 2.75) is 59.5 Å². The van der Waals surface area contributed by atoms with Crippen molar-refractivity contribution in [1.82, 2.24) is 14.2 Å². The Morgan fingerprint density at radius 2 is 2.05 bits per heavy atom. The van der Waals surface area contributed by atoms with Crippen LogP contribution in [0, 0.1) is 5.92 Å². The second-order valence-electron chi connectivity index (χ2n) is 5.82. The standard InChI is InChI=1S/C14H23N3O4S/c1-5-7-12-10(6-2)11(15-21-12)8-17-14(18)13(9(3)4)16-22(17,19)20/h9,13,16H,5-8H2,1-4H3/t13-/m1/s1. The molecule has 2 rings (SSSR count). The number of aryl methyl sites for hydroxylation is 1. The van der Waals surface area contributed by atoms with Crippen LogP contribution in [0.3, 0.4) is 0 Å². The van der Waals surface area contributed by atoms with Crippen molar-refractivity contribution < 1.29 is 17.7 Å². The smallest absolute Gasteiger partial charge is 0.304 e. The highest BCUT2D eigenvalue weighted by Gasteiger charge is 2.44. The van der Waals surface area contributed by atoms with Crippen LogP contribution < -0.4 is 4.72 Å². The topological polar surface area (TPSA) is 92.5 Å². The number of carbonyl (C=O) groups excluding carboxylic acids is 1. The Kier molecular flexibility index (Phi) is 4.91. The van der Waals surface area contributed by atoms with Gasteiger partial charge >= 0.3 is 10.2 Å². The highest BCUT2D eigenvalue weighted by Crippen LogP contribution is 2.24. The van der Waals surface area contributed by atoms with E-state index in [1.807, 2.05) is 27.7 Å².